The number of hydrogen-bond donors (Lipinski definition) is 0. The number of methoxy groups -OCH3 is 2. The van der Waals surface area contributed by atoms with Crippen molar-refractivity contribution in [2.24, 2.45) is 0 Å². The normalized spacial score (nSPS) is 10.2. The lowest BCUT2D eigenvalue weighted by atomic mass is 10.1. The number of benzene rings is 1. The third kappa shape index (κ3) is 5.66. The van der Waals surface area contributed by atoms with Crippen molar-refractivity contribution in [3.63, 3.8) is 0 Å². The molecule has 4 nitrogen and oxygen atoms in total. The van der Waals surface area contributed by atoms with Crippen molar-refractivity contribution in [3.8, 4) is 17.2 Å². The van der Waals surface area contributed by atoms with Crippen molar-refractivity contribution >= 4 is 6.29 Å². The fraction of sp³-hybridized carbons (Fsp3) is 0.588. The lowest BCUT2D eigenvalue weighted by Gasteiger charge is -2.15. The first-order valence-corrected chi connectivity index (χ1v) is 7.60. The number of carbonyl (C=O) groups is 1. The van der Waals surface area contributed by atoms with E-state index in [2.05, 4.69) is 6.92 Å². The van der Waals surface area contributed by atoms with Crippen molar-refractivity contribution in [1.82, 2.24) is 0 Å². The van der Waals surface area contributed by atoms with Gasteiger partial charge in [0.25, 0.3) is 0 Å². The highest BCUT2D eigenvalue weighted by molar-refractivity contribution is 5.78. The number of carbonyl (C=O) groups excluding carboxylic acids is 1. The number of unbranched alkanes of at least 4 members (excludes halogenated alkanes) is 5. The van der Waals surface area contributed by atoms with E-state index in [1.165, 1.54) is 25.7 Å². The summed E-state index contributed by atoms with van der Waals surface area (Å²) in [5, 5.41) is 0. The van der Waals surface area contributed by atoms with Gasteiger partial charge in [0.15, 0.2) is 11.5 Å². The van der Waals surface area contributed by atoms with Crippen LogP contribution in [0.3, 0.4) is 0 Å². The lowest BCUT2D eigenvalue weighted by molar-refractivity contribution is 0.112. The molecule has 0 fully saturated rings. The first-order chi connectivity index (χ1) is 10.3. The molecule has 0 aliphatic rings. The average molecular weight is 294 g/mol. The van der Waals surface area contributed by atoms with Gasteiger partial charge >= 0.3 is 0 Å². The second-order valence-electron chi connectivity index (χ2n) is 4.99. The molecule has 0 aromatic heterocycles. The highest BCUT2D eigenvalue weighted by atomic mass is 16.5. The Balaban J connectivity index is 2.55. The third-order valence-corrected chi connectivity index (χ3v) is 3.36. The highest BCUT2D eigenvalue weighted by Crippen LogP contribution is 2.38. The maximum Gasteiger partial charge on any atom is 0.203 e. The molecule has 0 aliphatic heterocycles. The summed E-state index contributed by atoms with van der Waals surface area (Å²) in [7, 11) is 3.11. The molecule has 0 radical (unpaired) electrons. The highest BCUT2D eigenvalue weighted by Gasteiger charge is 2.13. The summed E-state index contributed by atoms with van der Waals surface area (Å²) in [5.41, 5.74) is 0.510. The summed E-state index contributed by atoms with van der Waals surface area (Å²) >= 11 is 0. The van der Waals surface area contributed by atoms with E-state index in [1.807, 2.05) is 0 Å². The Morgan fingerprint density at radius 1 is 0.952 bits per heavy atom. The van der Waals surface area contributed by atoms with Crippen molar-refractivity contribution in [3.05, 3.63) is 17.7 Å². The first-order valence-electron chi connectivity index (χ1n) is 7.60. The molecule has 0 saturated heterocycles. The van der Waals surface area contributed by atoms with Crippen molar-refractivity contribution in [2.75, 3.05) is 20.8 Å². The fourth-order valence-corrected chi connectivity index (χ4v) is 2.17. The van der Waals surface area contributed by atoms with Gasteiger partial charge in [-0.1, -0.05) is 39.0 Å². The monoisotopic (exact) mass is 294 g/mol. The summed E-state index contributed by atoms with van der Waals surface area (Å²) < 4.78 is 16.3. The minimum absolute atomic E-state index is 0.510. The smallest absolute Gasteiger partial charge is 0.203 e. The van der Waals surface area contributed by atoms with E-state index >= 15 is 0 Å². The molecule has 0 N–H and O–H groups in total. The molecule has 0 aliphatic carbocycles. The van der Waals surface area contributed by atoms with Crippen LogP contribution in [0.5, 0.6) is 17.2 Å². The molecule has 0 amide bonds. The Morgan fingerprint density at radius 3 is 2.05 bits per heavy atom. The SMILES string of the molecule is CCCCCCCCOc1c(OC)cc(C=O)cc1OC. The fourth-order valence-electron chi connectivity index (χ4n) is 2.17. The predicted molar refractivity (Wildman–Crippen MR) is 83.8 cm³/mol. The first kappa shape index (κ1) is 17.3. The molecule has 1 rings (SSSR count). The number of ether oxygens (including phenoxy) is 3. The van der Waals surface area contributed by atoms with Crippen LogP contribution in [0.1, 0.15) is 55.8 Å². The van der Waals surface area contributed by atoms with Crippen molar-refractivity contribution in [2.45, 2.75) is 45.4 Å². The molecule has 0 atom stereocenters. The molecule has 0 unspecified atom stereocenters. The zero-order valence-corrected chi connectivity index (χ0v) is 13.3. The minimum atomic E-state index is 0.510. The van der Waals surface area contributed by atoms with Gasteiger partial charge in [-0.15, -0.1) is 0 Å². The van der Waals surface area contributed by atoms with E-state index in [4.69, 9.17) is 14.2 Å². The molecule has 0 saturated carbocycles. The van der Waals surface area contributed by atoms with Gasteiger partial charge < -0.3 is 14.2 Å². The van der Waals surface area contributed by atoms with Crippen LogP contribution >= 0.6 is 0 Å². The molecular formula is C17H26O4. The zero-order valence-electron chi connectivity index (χ0n) is 13.3. The second kappa shape index (κ2) is 10.1. The van der Waals surface area contributed by atoms with Gasteiger partial charge in [0, 0.05) is 5.56 Å². The molecule has 1 aromatic rings. The summed E-state index contributed by atoms with van der Waals surface area (Å²) in [4.78, 5) is 10.9. The molecule has 0 bridgehead atoms. The summed E-state index contributed by atoms with van der Waals surface area (Å²) in [6.45, 7) is 2.84. The van der Waals surface area contributed by atoms with Crippen LogP contribution < -0.4 is 14.2 Å². The molecular weight excluding hydrogens is 268 g/mol. The zero-order chi connectivity index (χ0) is 15.5. The predicted octanol–water partition coefficient (Wildman–Crippen LogP) is 4.26. The number of rotatable bonds is 11. The summed E-state index contributed by atoms with van der Waals surface area (Å²) in [6, 6.07) is 3.32. The topological polar surface area (TPSA) is 44.8 Å². The lowest BCUT2D eigenvalue weighted by Crippen LogP contribution is -2.02. The third-order valence-electron chi connectivity index (χ3n) is 3.36. The van der Waals surface area contributed by atoms with Crippen LogP contribution in [-0.2, 0) is 0 Å². The molecule has 0 heterocycles. The van der Waals surface area contributed by atoms with Crippen LogP contribution in [0.25, 0.3) is 0 Å². The second-order valence-corrected chi connectivity index (χ2v) is 4.99. The van der Waals surface area contributed by atoms with Gasteiger partial charge in [0.2, 0.25) is 5.75 Å². The Kier molecular flexibility index (Phi) is 8.32. The molecule has 118 valence electrons. The summed E-state index contributed by atoms with van der Waals surface area (Å²) in [5.74, 6) is 1.63. The van der Waals surface area contributed by atoms with Crippen LogP contribution in [0, 0.1) is 0 Å². The largest absolute Gasteiger partial charge is 0.493 e. The maximum atomic E-state index is 10.9. The molecule has 1 aromatic carbocycles. The quantitative estimate of drug-likeness (QED) is 0.452. The Hall–Kier alpha value is -1.71. The van der Waals surface area contributed by atoms with E-state index in [9.17, 15) is 4.79 Å². The summed E-state index contributed by atoms with van der Waals surface area (Å²) in [6.07, 6.45) is 8.03. The standard InChI is InChI=1S/C17H26O4/c1-4-5-6-7-8-9-10-21-17-15(19-2)11-14(13-18)12-16(17)20-3/h11-13H,4-10H2,1-3H3. The van der Waals surface area contributed by atoms with Crippen molar-refractivity contribution in [1.29, 1.82) is 0 Å². The van der Waals surface area contributed by atoms with Crippen LogP contribution in [0.2, 0.25) is 0 Å². The number of aldehydes is 1. The van der Waals surface area contributed by atoms with Gasteiger partial charge in [0.05, 0.1) is 20.8 Å². The van der Waals surface area contributed by atoms with Crippen molar-refractivity contribution < 1.29 is 19.0 Å². The van der Waals surface area contributed by atoms with Gasteiger partial charge in [-0.25, -0.2) is 0 Å². The van der Waals surface area contributed by atoms with Gasteiger partial charge in [-0.2, -0.15) is 0 Å². The van der Waals surface area contributed by atoms with E-state index in [0.29, 0.717) is 29.4 Å². The molecule has 0 spiro atoms. The van der Waals surface area contributed by atoms with Crippen LogP contribution in [-0.4, -0.2) is 27.1 Å². The van der Waals surface area contributed by atoms with Gasteiger partial charge in [-0.05, 0) is 18.6 Å². The Morgan fingerprint density at radius 2 is 1.52 bits per heavy atom. The van der Waals surface area contributed by atoms with E-state index < -0.39 is 0 Å². The van der Waals surface area contributed by atoms with Crippen LogP contribution in [0.4, 0.5) is 0 Å². The van der Waals surface area contributed by atoms with E-state index in [-0.39, 0.29) is 0 Å². The van der Waals surface area contributed by atoms with E-state index in [0.717, 1.165) is 19.1 Å². The maximum absolute atomic E-state index is 10.9. The number of hydrogen-bond acceptors (Lipinski definition) is 4. The Labute approximate surface area is 127 Å². The van der Waals surface area contributed by atoms with Gasteiger partial charge in [-0.3, -0.25) is 4.79 Å². The molecule has 4 heteroatoms. The average Bonchev–Trinajstić information content (AvgIpc) is 2.53. The van der Waals surface area contributed by atoms with Gasteiger partial charge in [0.1, 0.15) is 6.29 Å². The minimum Gasteiger partial charge on any atom is -0.493 e. The molecule has 21 heavy (non-hydrogen) atoms. The van der Waals surface area contributed by atoms with Crippen LogP contribution in [0.15, 0.2) is 12.1 Å². The van der Waals surface area contributed by atoms with E-state index in [1.54, 1.807) is 26.4 Å². The Bertz CT molecular complexity index is 404.